The highest BCUT2D eigenvalue weighted by Gasteiger charge is 2.33. The van der Waals surface area contributed by atoms with Crippen molar-refractivity contribution >= 4 is 40.4 Å². The molecule has 0 bridgehead atoms. The molecule has 0 aliphatic heterocycles. The Balaban J connectivity index is 1.78. The second kappa shape index (κ2) is 7.75. The molecule has 4 rings (SSSR count). The molecule has 0 unspecified atom stereocenters. The van der Waals surface area contributed by atoms with Crippen molar-refractivity contribution in [1.29, 1.82) is 0 Å². The summed E-state index contributed by atoms with van der Waals surface area (Å²) in [6, 6.07) is 10.1. The van der Waals surface area contributed by atoms with Crippen LogP contribution < -0.4 is 14.8 Å². The summed E-state index contributed by atoms with van der Waals surface area (Å²) in [6.45, 7) is 4.26. The zero-order chi connectivity index (χ0) is 19.7. The maximum absolute atomic E-state index is 12.2. The van der Waals surface area contributed by atoms with E-state index in [1.807, 2.05) is 12.1 Å². The molecule has 0 saturated heterocycles. The van der Waals surface area contributed by atoms with Crippen molar-refractivity contribution in [3.8, 4) is 11.1 Å². The van der Waals surface area contributed by atoms with Crippen molar-refractivity contribution in [3.63, 3.8) is 0 Å². The molecule has 0 atom stereocenters. The first-order valence-electron chi connectivity index (χ1n) is 9.69. The molecule has 7 heteroatoms. The van der Waals surface area contributed by atoms with Gasteiger partial charge in [0, 0.05) is 23.1 Å². The minimum atomic E-state index is -0.0370. The first-order valence-corrected chi connectivity index (χ1v) is 10.7. The Kier molecular flexibility index (Phi) is 5.17. The minimum Gasteiger partial charge on any atom is -0.371 e. The van der Waals surface area contributed by atoms with E-state index in [9.17, 15) is 10.0 Å². The second-order valence-electron chi connectivity index (χ2n) is 7.02. The Bertz CT molecular complexity index is 1030. The Hall–Kier alpha value is -2.67. The third-order valence-electron chi connectivity index (χ3n) is 5.06. The third kappa shape index (κ3) is 3.54. The topological polar surface area (TPSA) is 81.0 Å². The van der Waals surface area contributed by atoms with Gasteiger partial charge in [0.05, 0.1) is 17.5 Å². The van der Waals surface area contributed by atoms with Gasteiger partial charge in [0.15, 0.2) is 0 Å². The van der Waals surface area contributed by atoms with Gasteiger partial charge in [-0.25, -0.2) is 5.32 Å². The number of H-pyrrole nitrogens is 1. The van der Waals surface area contributed by atoms with Crippen LogP contribution in [0.15, 0.2) is 36.5 Å². The molecule has 28 heavy (non-hydrogen) atoms. The fraction of sp³-hybridized carbons (Fsp3) is 0.333. The molecule has 1 amide bonds. The fourth-order valence-electron chi connectivity index (χ4n) is 3.35. The number of fused-ring (bicyclic) bond motifs is 1. The lowest BCUT2D eigenvalue weighted by Crippen LogP contribution is -2.37. The number of pyridine rings is 1. The highest BCUT2D eigenvalue weighted by Crippen LogP contribution is 2.34. The number of nitrogens with zero attached hydrogens (tertiary/aromatic N) is 1. The number of hydrogen-bond donors (Lipinski definition) is 4. The predicted octanol–water partition coefficient (Wildman–Crippen LogP) is 4.35. The average molecular weight is 398 g/mol. The van der Waals surface area contributed by atoms with Gasteiger partial charge in [-0.05, 0) is 48.6 Å². The quantitative estimate of drug-likeness (QED) is 0.271. The number of rotatable bonds is 7. The van der Waals surface area contributed by atoms with E-state index in [0.29, 0.717) is 11.5 Å². The van der Waals surface area contributed by atoms with E-state index in [0.717, 1.165) is 51.9 Å². The molecule has 6 nitrogen and oxygen atoms in total. The number of aryl methyl sites for hydroxylation is 1. The summed E-state index contributed by atoms with van der Waals surface area (Å²) in [4.78, 5) is 15.3. The number of aromatic amines is 1. The third-order valence-corrected chi connectivity index (χ3v) is 5.71. The molecule has 1 fully saturated rings. The molecular weight excluding hydrogens is 372 g/mol. The van der Waals surface area contributed by atoms with E-state index < -0.39 is 0 Å². The molecule has 146 valence electrons. The van der Waals surface area contributed by atoms with Crippen LogP contribution in [0.3, 0.4) is 0 Å². The van der Waals surface area contributed by atoms with Gasteiger partial charge in [-0.3, -0.25) is 9.78 Å². The number of hydrogen-bond acceptors (Lipinski definition) is 4. The number of anilines is 2. The molecule has 1 aliphatic rings. The molecule has 2 heterocycles. The van der Waals surface area contributed by atoms with Crippen LogP contribution >= 0.6 is 11.9 Å². The van der Waals surface area contributed by atoms with E-state index >= 15 is 0 Å². The predicted molar refractivity (Wildman–Crippen MR) is 114 cm³/mol. The maximum atomic E-state index is 12.2. The lowest BCUT2D eigenvalue weighted by Gasteiger charge is -2.13. The van der Waals surface area contributed by atoms with Crippen LogP contribution in [0.2, 0.25) is 0 Å². The number of amides is 1. The van der Waals surface area contributed by atoms with Crippen LogP contribution in [0, 0.1) is 5.92 Å². The summed E-state index contributed by atoms with van der Waals surface area (Å²) < 4.78 is 4.42. The van der Waals surface area contributed by atoms with Crippen LogP contribution in [0.25, 0.3) is 22.2 Å². The van der Waals surface area contributed by atoms with Gasteiger partial charge < -0.3 is 9.93 Å². The molecule has 0 spiro atoms. The van der Waals surface area contributed by atoms with Crippen LogP contribution in [0.1, 0.15) is 32.3 Å². The Morgan fingerprint density at radius 3 is 2.82 bits per heavy atom. The van der Waals surface area contributed by atoms with Gasteiger partial charge in [0.1, 0.15) is 0 Å². The first-order chi connectivity index (χ1) is 13.6. The zero-order valence-electron chi connectivity index (χ0n) is 16.1. The van der Waals surface area contributed by atoms with Crippen LogP contribution in [-0.2, 0) is 11.2 Å². The van der Waals surface area contributed by atoms with Crippen molar-refractivity contribution < 1.29 is 14.7 Å². The van der Waals surface area contributed by atoms with Crippen molar-refractivity contribution in [2.24, 2.45) is 5.92 Å². The van der Waals surface area contributed by atoms with Crippen molar-refractivity contribution in [3.05, 3.63) is 42.1 Å². The smallest absolute Gasteiger partial charge is 0.283 e. The van der Waals surface area contributed by atoms with Crippen molar-refractivity contribution in [2.75, 3.05) is 15.8 Å². The summed E-state index contributed by atoms with van der Waals surface area (Å²) in [6.07, 6.45) is 4.54. The van der Waals surface area contributed by atoms with E-state index in [2.05, 4.69) is 47.1 Å². The summed E-state index contributed by atoms with van der Waals surface area (Å²) in [5, 5.41) is 14.3. The lowest BCUT2D eigenvalue weighted by molar-refractivity contribution is -0.874. The average Bonchev–Trinajstić information content (AvgIpc) is 3.45. The summed E-state index contributed by atoms with van der Waals surface area (Å²) >= 11 is 1.68. The minimum absolute atomic E-state index is 0.0370. The lowest BCUT2D eigenvalue weighted by atomic mass is 9.99. The second-order valence-corrected chi connectivity index (χ2v) is 8.09. The summed E-state index contributed by atoms with van der Waals surface area (Å²) in [7, 11) is 0. The fourth-order valence-corrected chi connectivity index (χ4v) is 3.85. The number of benzene rings is 1. The Morgan fingerprint density at radius 2 is 2.11 bits per heavy atom. The summed E-state index contributed by atoms with van der Waals surface area (Å²) in [5.41, 5.74) is 4.93. The zero-order valence-corrected chi connectivity index (χ0v) is 16.9. The van der Waals surface area contributed by atoms with Crippen molar-refractivity contribution in [2.45, 2.75) is 33.1 Å². The standard InChI is InChI=1S/C21H24N4O2S/c1-3-13-11-15(7-8-18(13)24-28-4-2)17-12-19(23-21(26)14-5-6-14)25(27)20-16(17)9-10-22-20/h7-12,14,27H,3-6H2,1-2H3,(H2,22,23,24,26)/p+1. The van der Waals surface area contributed by atoms with Gasteiger partial charge in [-0.1, -0.05) is 36.6 Å². The highest BCUT2D eigenvalue weighted by atomic mass is 32.2. The first kappa shape index (κ1) is 18.7. The van der Waals surface area contributed by atoms with Gasteiger partial charge in [-0.15, -0.1) is 0 Å². The maximum Gasteiger partial charge on any atom is 0.283 e. The number of nitrogens with one attached hydrogen (secondary N) is 3. The van der Waals surface area contributed by atoms with E-state index in [-0.39, 0.29) is 11.8 Å². The SMILES string of the molecule is CCSNc1ccc(-c2cc(NC(=O)C3CC3)[n+](O)c3[nH]ccc23)cc1CC. The molecule has 1 aromatic carbocycles. The Morgan fingerprint density at radius 1 is 1.29 bits per heavy atom. The number of carbonyl (C=O) groups is 1. The van der Waals surface area contributed by atoms with Crippen LogP contribution in [0.5, 0.6) is 0 Å². The Labute approximate surface area is 168 Å². The molecule has 3 aromatic rings. The van der Waals surface area contributed by atoms with Crippen molar-refractivity contribution in [1.82, 2.24) is 4.98 Å². The molecule has 1 saturated carbocycles. The molecular formula is C21H25N4O2S+. The van der Waals surface area contributed by atoms with E-state index in [1.165, 1.54) is 5.56 Å². The molecule has 1 aliphatic carbocycles. The van der Waals surface area contributed by atoms with Gasteiger partial charge >= 0.3 is 0 Å². The monoisotopic (exact) mass is 397 g/mol. The van der Waals surface area contributed by atoms with E-state index in [1.54, 1.807) is 18.1 Å². The largest absolute Gasteiger partial charge is 0.371 e. The highest BCUT2D eigenvalue weighted by molar-refractivity contribution is 8.00. The number of aromatic nitrogens is 2. The number of carbonyl (C=O) groups excluding carboxylic acids is 1. The van der Waals surface area contributed by atoms with Crippen LogP contribution in [-0.4, -0.2) is 21.9 Å². The van der Waals surface area contributed by atoms with Gasteiger partial charge in [-0.2, -0.15) is 0 Å². The normalized spacial score (nSPS) is 13.6. The van der Waals surface area contributed by atoms with Gasteiger partial charge in [0.25, 0.3) is 17.4 Å². The summed E-state index contributed by atoms with van der Waals surface area (Å²) in [5.74, 6) is 1.40. The van der Waals surface area contributed by atoms with Crippen LogP contribution in [0.4, 0.5) is 11.5 Å². The molecule has 0 radical (unpaired) electrons. The van der Waals surface area contributed by atoms with E-state index in [4.69, 9.17) is 0 Å². The molecule has 4 N–H and O–H groups in total. The van der Waals surface area contributed by atoms with Gasteiger partial charge in [0.2, 0.25) is 0 Å². The molecule has 2 aromatic heterocycles.